The Balaban J connectivity index is 1.92. The molecule has 0 amide bonds. The summed E-state index contributed by atoms with van der Waals surface area (Å²) in [5.41, 5.74) is 4.01. The van der Waals surface area contributed by atoms with Crippen LogP contribution in [0.15, 0.2) is 12.2 Å². The van der Waals surface area contributed by atoms with E-state index in [1.807, 2.05) is 19.1 Å². The topological polar surface area (TPSA) is 84.9 Å². The molecule has 1 aliphatic heterocycles. The average molecular weight is 387 g/mol. The van der Waals surface area contributed by atoms with Crippen LogP contribution in [0.4, 0.5) is 5.69 Å². The molecule has 1 heterocycles. The molecule has 1 aliphatic carbocycles. The number of carboxylic acids is 1. The van der Waals surface area contributed by atoms with Crippen LogP contribution >= 0.6 is 0 Å². The number of carbonyl (C=O) groups excluding carboxylic acids is 1. The Morgan fingerprint density at radius 2 is 2.07 bits per heavy atom. The molecule has 1 aromatic carbocycles. The number of carboxylic acid groups (broad SMARTS) is 1. The number of ether oxygens (including phenoxy) is 2. The predicted octanol–water partition coefficient (Wildman–Crippen LogP) is 4.10. The first kappa shape index (κ1) is 20.2. The molecule has 1 fully saturated rings. The molecule has 0 aromatic heterocycles. The minimum Gasteiger partial charge on any atom is -0.496 e. The van der Waals surface area contributed by atoms with Crippen LogP contribution in [-0.2, 0) is 22.6 Å². The summed E-state index contributed by atoms with van der Waals surface area (Å²) in [6.45, 7) is 2.21. The van der Waals surface area contributed by atoms with Crippen molar-refractivity contribution >= 4 is 17.6 Å². The van der Waals surface area contributed by atoms with Crippen LogP contribution in [0, 0.1) is 18.8 Å². The van der Waals surface area contributed by atoms with E-state index < -0.39 is 5.97 Å². The summed E-state index contributed by atoms with van der Waals surface area (Å²) in [4.78, 5) is 23.9. The zero-order valence-corrected chi connectivity index (χ0v) is 16.8. The Labute approximate surface area is 165 Å². The lowest BCUT2D eigenvalue weighted by Gasteiger charge is -2.20. The van der Waals surface area contributed by atoms with Crippen LogP contribution in [-0.4, -0.2) is 31.2 Å². The number of benzene rings is 1. The average Bonchev–Trinajstić information content (AvgIpc) is 2.90. The SMILES string of the molecule is CNc1c(C/C=C/C2CCCCCC2C(=O)O)c(OC)c(C)c2c1C(=O)OC2. The summed E-state index contributed by atoms with van der Waals surface area (Å²) in [7, 11) is 3.42. The number of rotatable bonds is 6. The molecule has 2 aliphatic rings. The third-order valence-corrected chi connectivity index (χ3v) is 6.02. The Morgan fingerprint density at radius 3 is 2.75 bits per heavy atom. The molecule has 1 saturated carbocycles. The minimum atomic E-state index is -0.707. The maximum absolute atomic E-state index is 12.2. The molecule has 3 rings (SSSR count). The molecular formula is C22H29NO5. The summed E-state index contributed by atoms with van der Waals surface area (Å²) in [5.74, 6) is -0.543. The van der Waals surface area contributed by atoms with Crippen LogP contribution in [0.25, 0.3) is 0 Å². The first-order valence-corrected chi connectivity index (χ1v) is 9.96. The van der Waals surface area contributed by atoms with Crippen LogP contribution in [0.5, 0.6) is 5.75 Å². The number of carbonyl (C=O) groups is 2. The number of esters is 1. The van der Waals surface area contributed by atoms with E-state index in [1.54, 1.807) is 14.2 Å². The number of nitrogens with one attached hydrogen (secondary N) is 1. The fourth-order valence-electron chi connectivity index (χ4n) is 4.56. The maximum atomic E-state index is 12.2. The van der Waals surface area contributed by atoms with Gasteiger partial charge in [-0.15, -0.1) is 0 Å². The van der Waals surface area contributed by atoms with Crippen LogP contribution in [0.2, 0.25) is 0 Å². The number of methoxy groups -OCH3 is 1. The van der Waals surface area contributed by atoms with Crippen LogP contribution in [0.1, 0.15) is 59.2 Å². The van der Waals surface area contributed by atoms with Gasteiger partial charge in [-0.3, -0.25) is 4.79 Å². The van der Waals surface area contributed by atoms with E-state index in [9.17, 15) is 14.7 Å². The largest absolute Gasteiger partial charge is 0.496 e. The van der Waals surface area contributed by atoms with Crippen molar-refractivity contribution in [1.82, 2.24) is 0 Å². The summed E-state index contributed by atoms with van der Waals surface area (Å²) in [6, 6.07) is 0. The monoisotopic (exact) mass is 387 g/mol. The Hall–Kier alpha value is -2.50. The Morgan fingerprint density at radius 1 is 1.32 bits per heavy atom. The van der Waals surface area contributed by atoms with Gasteiger partial charge in [0.15, 0.2) is 0 Å². The van der Waals surface area contributed by atoms with E-state index in [4.69, 9.17) is 9.47 Å². The van der Waals surface area contributed by atoms with Gasteiger partial charge in [-0.1, -0.05) is 31.4 Å². The van der Waals surface area contributed by atoms with E-state index in [0.29, 0.717) is 12.0 Å². The van der Waals surface area contributed by atoms with Crippen molar-refractivity contribution in [2.45, 2.75) is 52.1 Å². The van der Waals surface area contributed by atoms with Gasteiger partial charge >= 0.3 is 11.9 Å². The minimum absolute atomic E-state index is 0.0459. The lowest BCUT2D eigenvalue weighted by Crippen LogP contribution is -2.21. The van der Waals surface area contributed by atoms with Crippen molar-refractivity contribution in [3.8, 4) is 5.75 Å². The normalized spacial score (nSPS) is 21.9. The van der Waals surface area contributed by atoms with Crippen molar-refractivity contribution in [2.75, 3.05) is 19.5 Å². The number of fused-ring (bicyclic) bond motifs is 1. The fourth-order valence-corrected chi connectivity index (χ4v) is 4.56. The van der Waals surface area contributed by atoms with E-state index in [0.717, 1.165) is 60.2 Å². The van der Waals surface area contributed by atoms with E-state index in [-0.39, 0.29) is 24.4 Å². The van der Waals surface area contributed by atoms with Crippen LogP contribution < -0.4 is 10.1 Å². The number of hydrogen-bond donors (Lipinski definition) is 2. The number of cyclic esters (lactones) is 1. The third kappa shape index (κ3) is 3.73. The fraction of sp³-hybridized carbons (Fsp3) is 0.545. The smallest absolute Gasteiger partial charge is 0.341 e. The summed E-state index contributed by atoms with van der Waals surface area (Å²) in [5, 5.41) is 12.7. The first-order valence-electron chi connectivity index (χ1n) is 9.96. The van der Waals surface area contributed by atoms with Crippen molar-refractivity contribution in [3.05, 3.63) is 34.4 Å². The highest BCUT2D eigenvalue weighted by molar-refractivity contribution is 6.01. The van der Waals surface area contributed by atoms with Crippen molar-refractivity contribution in [2.24, 2.45) is 11.8 Å². The zero-order valence-electron chi connectivity index (χ0n) is 16.8. The summed E-state index contributed by atoms with van der Waals surface area (Å²) < 4.78 is 10.9. The molecule has 6 heteroatoms. The van der Waals surface area contributed by atoms with Gasteiger partial charge in [0.25, 0.3) is 0 Å². The molecular weight excluding hydrogens is 358 g/mol. The highest BCUT2D eigenvalue weighted by Crippen LogP contribution is 2.41. The molecule has 2 unspecified atom stereocenters. The van der Waals surface area contributed by atoms with E-state index in [2.05, 4.69) is 5.32 Å². The summed E-state index contributed by atoms with van der Waals surface area (Å²) in [6.07, 6.45) is 9.40. The van der Waals surface area contributed by atoms with Gasteiger partial charge in [-0.2, -0.15) is 0 Å². The van der Waals surface area contributed by atoms with Gasteiger partial charge in [-0.05, 0) is 37.7 Å². The molecule has 2 atom stereocenters. The molecule has 2 N–H and O–H groups in total. The number of aliphatic carboxylic acids is 1. The Bertz CT molecular complexity index is 799. The van der Waals surface area contributed by atoms with E-state index >= 15 is 0 Å². The molecule has 0 spiro atoms. The van der Waals surface area contributed by atoms with Gasteiger partial charge in [-0.25, -0.2) is 4.79 Å². The molecule has 152 valence electrons. The predicted molar refractivity (Wildman–Crippen MR) is 107 cm³/mol. The molecule has 6 nitrogen and oxygen atoms in total. The molecule has 1 aromatic rings. The van der Waals surface area contributed by atoms with Gasteiger partial charge in [0.2, 0.25) is 0 Å². The second-order valence-electron chi connectivity index (χ2n) is 7.57. The lowest BCUT2D eigenvalue weighted by molar-refractivity contribution is -0.143. The van der Waals surface area contributed by atoms with Crippen molar-refractivity contribution < 1.29 is 24.2 Å². The third-order valence-electron chi connectivity index (χ3n) is 6.02. The standard InChI is InChI=1S/C22H29NO5/c1-13-17-12-28-22(26)18(17)19(23-2)16(20(13)27-3)11-7-9-14-8-5-4-6-10-15(14)21(24)25/h7,9,14-15,23H,4-6,8,10-12H2,1-3H3,(H,24,25)/b9-7+. The highest BCUT2D eigenvalue weighted by atomic mass is 16.5. The number of allylic oxidation sites excluding steroid dienone is 2. The Kier molecular flexibility index (Phi) is 6.27. The second kappa shape index (κ2) is 8.67. The van der Waals surface area contributed by atoms with Gasteiger partial charge in [0.1, 0.15) is 12.4 Å². The number of hydrogen-bond acceptors (Lipinski definition) is 5. The van der Waals surface area contributed by atoms with Crippen molar-refractivity contribution in [3.63, 3.8) is 0 Å². The highest BCUT2D eigenvalue weighted by Gasteiger charge is 2.32. The van der Waals surface area contributed by atoms with Gasteiger partial charge in [0, 0.05) is 18.2 Å². The quantitative estimate of drug-likeness (QED) is 0.434. The molecule has 0 bridgehead atoms. The van der Waals surface area contributed by atoms with Crippen LogP contribution in [0.3, 0.4) is 0 Å². The first-order chi connectivity index (χ1) is 13.5. The lowest BCUT2D eigenvalue weighted by atomic mass is 9.87. The molecule has 0 radical (unpaired) electrons. The molecule has 28 heavy (non-hydrogen) atoms. The van der Waals surface area contributed by atoms with Gasteiger partial charge in [0.05, 0.1) is 24.3 Å². The van der Waals surface area contributed by atoms with E-state index in [1.165, 1.54) is 0 Å². The maximum Gasteiger partial charge on any atom is 0.341 e. The second-order valence-corrected chi connectivity index (χ2v) is 7.57. The zero-order chi connectivity index (χ0) is 20.3. The summed E-state index contributed by atoms with van der Waals surface area (Å²) >= 11 is 0. The van der Waals surface area contributed by atoms with Gasteiger partial charge < -0.3 is 19.9 Å². The van der Waals surface area contributed by atoms with Crippen molar-refractivity contribution in [1.29, 1.82) is 0 Å². The number of anilines is 1. The molecule has 0 saturated heterocycles.